The highest BCUT2D eigenvalue weighted by Gasteiger charge is 2.23. The van der Waals surface area contributed by atoms with Crippen LogP contribution in [-0.4, -0.2) is 22.9 Å². The molecule has 0 saturated heterocycles. The van der Waals surface area contributed by atoms with Crippen LogP contribution in [-0.2, 0) is 16.0 Å². The lowest BCUT2D eigenvalue weighted by molar-refractivity contribution is -0.137. The Morgan fingerprint density at radius 1 is 1.23 bits per heavy atom. The van der Waals surface area contributed by atoms with Crippen molar-refractivity contribution in [3.8, 4) is 5.69 Å². The number of hydrogen-bond acceptors (Lipinski definition) is 3. The molecule has 3 rings (SSSR count). The van der Waals surface area contributed by atoms with Gasteiger partial charge in [-0.2, -0.15) is 0 Å². The molecule has 3 nitrogen and oxygen atoms in total. The highest BCUT2D eigenvalue weighted by Crippen LogP contribution is 2.41. The van der Waals surface area contributed by atoms with Gasteiger partial charge < -0.3 is 9.30 Å². The summed E-state index contributed by atoms with van der Waals surface area (Å²) in [6.45, 7) is 6.56. The van der Waals surface area contributed by atoms with E-state index in [0.29, 0.717) is 6.61 Å². The minimum Gasteiger partial charge on any atom is -0.463 e. The van der Waals surface area contributed by atoms with Crippen molar-refractivity contribution in [2.24, 2.45) is 0 Å². The molecule has 1 heterocycles. The summed E-state index contributed by atoms with van der Waals surface area (Å²) in [5.41, 5.74) is 6.33. The van der Waals surface area contributed by atoms with E-state index in [9.17, 15) is 4.79 Å². The van der Waals surface area contributed by atoms with E-state index in [0.717, 1.165) is 18.6 Å². The van der Waals surface area contributed by atoms with E-state index in [1.54, 1.807) is 6.08 Å². The first-order valence-electron chi connectivity index (χ1n) is 9.13. The number of aromatic nitrogens is 1. The topological polar surface area (TPSA) is 31.2 Å². The highest BCUT2D eigenvalue weighted by molar-refractivity contribution is 8.08. The third-order valence-electron chi connectivity index (χ3n) is 4.46. The first-order valence-corrected chi connectivity index (χ1v) is 10.1. The lowest BCUT2D eigenvalue weighted by Crippen LogP contribution is -2.08. The molecule has 0 aliphatic heterocycles. The van der Waals surface area contributed by atoms with E-state index >= 15 is 0 Å². The molecule has 0 bridgehead atoms. The predicted octanol–water partition coefficient (Wildman–Crippen LogP) is 5.32. The molecule has 0 radical (unpaired) electrons. The van der Waals surface area contributed by atoms with E-state index < -0.39 is 0 Å². The van der Waals surface area contributed by atoms with Gasteiger partial charge in [0.25, 0.3) is 0 Å². The quantitative estimate of drug-likeness (QED) is 0.512. The summed E-state index contributed by atoms with van der Waals surface area (Å²) >= 11 is 1.85. The molecule has 2 aromatic rings. The lowest BCUT2D eigenvalue weighted by Gasteiger charge is -2.21. The Kier molecular flexibility index (Phi) is 6.04. The first-order chi connectivity index (χ1) is 12.7. The van der Waals surface area contributed by atoms with E-state index in [4.69, 9.17) is 4.74 Å². The van der Waals surface area contributed by atoms with E-state index in [-0.39, 0.29) is 5.97 Å². The number of benzene rings is 1. The minimum atomic E-state index is -0.273. The van der Waals surface area contributed by atoms with Crippen LogP contribution in [0.15, 0.2) is 54.1 Å². The second kappa shape index (κ2) is 8.45. The van der Waals surface area contributed by atoms with Gasteiger partial charge >= 0.3 is 5.97 Å². The second-order valence-electron chi connectivity index (χ2n) is 6.19. The molecule has 26 heavy (non-hydrogen) atoms. The van der Waals surface area contributed by atoms with E-state index in [1.807, 2.05) is 30.8 Å². The van der Waals surface area contributed by atoms with Crippen molar-refractivity contribution < 1.29 is 9.53 Å². The molecule has 4 heteroatoms. The molecule has 136 valence electrons. The zero-order chi connectivity index (χ0) is 18.5. The number of nitrogens with zero attached hydrogens (tertiary/aromatic N) is 1. The average Bonchev–Trinajstić information content (AvgIpc) is 2.98. The molecule has 1 aliphatic rings. The zero-order valence-electron chi connectivity index (χ0n) is 15.6. The van der Waals surface area contributed by atoms with Gasteiger partial charge in [0.1, 0.15) is 0 Å². The molecule has 0 fully saturated rings. The summed E-state index contributed by atoms with van der Waals surface area (Å²) in [5, 5.41) is 0. The maximum absolute atomic E-state index is 11.7. The van der Waals surface area contributed by atoms with Crippen molar-refractivity contribution in [2.45, 2.75) is 33.6 Å². The summed E-state index contributed by atoms with van der Waals surface area (Å²) in [5.74, 6) is 0.728. The number of carbonyl (C=O) groups excluding carboxylic acids is 1. The van der Waals surface area contributed by atoms with Crippen LogP contribution in [0.2, 0.25) is 0 Å². The normalized spacial score (nSPS) is 14.0. The van der Waals surface area contributed by atoms with Gasteiger partial charge in [0, 0.05) is 33.6 Å². The van der Waals surface area contributed by atoms with Crippen molar-refractivity contribution in [1.29, 1.82) is 0 Å². The summed E-state index contributed by atoms with van der Waals surface area (Å²) in [6.07, 6.45) is 5.39. The number of para-hydroxylation sites is 1. The Morgan fingerprint density at radius 2 is 2.00 bits per heavy atom. The van der Waals surface area contributed by atoms with Crippen LogP contribution in [0.3, 0.4) is 0 Å². The van der Waals surface area contributed by atoms with Crippen LogP contribution in [0.5, 0.6) is 0 Å². The Labute approximate surface area is 159 Å². The predicted molar refractivity (Wildman–Crippen MR) is 110 cm³/mol. The number of fused-ring (bicyclic) bond motifs is 1. The van der Waals surface area contributed by atoms with Crippen LogP contribution in [0.25, 0.3) is 10.6 Å². The van der Waals surface area contributed by atoms with Crippen LogP contribution < -0.4 is 0 Å². The third kappa shape index (κ3) is 3.80. The first kappa shape index (κ1) is 18.6. The molecule has 0 N–H and O–H groups in total. The number of allylic oxidation sites excluding steroid dienone is 2. The van der Waals surface area contributed by atoms with Gasteiger partial charge in [-0.15, -0.1) is 11.8 Å². The number of thioether (sulfide) groups is 1. The standard InChI is InChI=1S/C22H25NO2S/c1-4-25-21(24)14-12-17-11-13-20-19(22(17)26-5-2)15-16(3)23(20)18-9-7-6-8-10-18/h6-10,12,14-15H,4-5,11,13H2,1-3H3/b14-12+. The molecule has 0 spiro atoms. The van der Waals surface area contributed by atoms with Gasteiger partial charge in [0.2, 0.25) is 0 Å². The third-order valence-corrected chi connectivity index (χ3v) is 5.52. The number of carbonyl (C=O) groups is 1. The number of esters is 1. The summed E-state index contributed by atoms with van der Waals surface area (Å²) < 4.78 is 7.38. The number of aryl methyl sites for hydroxylation is 1. The molecule has 1 aliphatic carbocycles. The largest absolute Gasteiger partial charge is 0.463 e. The highest BCUT2D eigenvalue weighted by atomic mass is 32.2. The van der Waals surface area contributed by atoms with Gasteiger partial charge in [0.15, 0.2) is 0 Å². The fourth-order valence-corrected chi connectivity index (χ4v) is 4.42. The molecule has 1 aromatic carbocycles. The van der Waals surface area contributed by atoms with Crippen molar-refractivity contribution in [3.63, 3.8) is 0 Å². The van der Waals surface area contributed by atoms with Gasteiger partial charge in [0.05, 0.1) is 6.61 Å². The van der Waals surface area contributed by atoms with Gasteiger partial charge in [-0.3, -0.25) is 0 Å². The van der Waals surface area contributed by atoms with Crippen molar-refractivity contribution in [3.05, 3.63) is 71.1 Å². The van der Waals surface area contributed by atoms with Crippen LogP contribution in [0.4, 0.5) is 0 Å². The summed E-state index contributed by atoms with van der Waals surface area (Å²) in [4.78, 5) is 13.0. The van der Waals surface area contributed by atoms with Crippen molar-refractivity contribution in [1.82, 2.24) is 4.57 Å². The molecule has 0 atom stereocenters. The monoisotopic (exact) mass is 367 g/mol. The second-order valence-corrected chi connectivity index (χ2v) is 7.46. The Morgan fingerprint density at radius 3 is 2.69 bits per heavy atom. The maximum atomic E-state index is 11.7. The number of ether oxygens (including phenoxy) is 1. The van der Waals surface area contributed by atoms with Crippen molar-refractivity contribution in [2.75, 3.05) is 12.4 Å². The molecule has 0 amide bonds. The fourth-order valence-electron chi connectivity index (χ4n) is 3.44. The Balaban J connectivity index is 2.04. The number of hydrogen-bond donors (Lipinski definition) is 0. The molecule has 0 unspecified atom stereocenters. The molecule has 0 saturated carbocycles. The lowest BCUT2D eigenvalue weighted by atomic mass is 9.96. The van der Waals surface area contributed by atoms with Gasteiger partial charge in [-0.1, -0.05) is 31.2 Å². The fraction of sp³-hybridized carbons (Fsp3) is 0.318. The molecular formula is C22H25NO2S. The minimum absolute atomic E-state index is 0.273. The summed E-state index contributed by atoms with van der Waals surface area (Å²) in [7, 11) is 0. The maximum Gasteiger partial charge on any atom is 0.330 e. The van der Waals surface area contributed by atoms with Crippen molar-refractivity contribution >= 4 is 22.6 Å². The molecular weight excluding hydrogens is 342 g/mol. The van der Waals surface area contributed by atoms with Gasteiger partial charge in [-0.25, -0.2) is 4.79 Å². The Hall–Kier alpha value is -2.20. The van der Waals surface area contributed by atoms with Crippen LogP contribution in [0.1, 0.15) is 37.2 Å². The molecule has 1 aromatic heterocycles. The van der Waals surface area contributed by atoms with E-state index in [1.165, 1.54) is 33.1 Å². The summed E-state index contributed by atoms with van der Waals surface area (Å²) in [6, 6.07) is 12.8. The van der Waals surface area contributed by atoms with Crippen LogP contribution >= 0.6 is 11.8 Å². The van der Waals surface area contributed by atoms with E-state index in [2.05, 4.69) is 48.7 Å². The van der Waals surface area contributed by atoms with Gasteiger partial charge in [-0.05, 0) is 56.2 Å². The SMILES string of the molecule is CCOC(=O)/C=C/C1=C(SCC)c2cc(C)n(-c3ccccc3)c2CC1. The average molecular weight is 368 g/mol. The smallest absolute Gasteiger partial charge is 0.330 e. The van der Waals surface area contributed by atoms with Crippen LogP contribution in [0, 0.1) is 6.92 Å². The Bertz CT molecular complexity index is 847. The zero-order valence-corrected chi connectivity index (χ0v) is 16.4. The number of rotatable bonds is 6.